The number of esters is 1. The Balaban J connectivity index is 3.73. The second kappa shape index (κ2) is 13.4. The molecule has 0 aromatic carbocycles. The second-order valence-corrected chi connectivity index (χ2v) is 4.80. The summed E-state index contributed by atoms with van der Waals surface area (Å²) in [7, 11) is 0. The molecule has 0 amide bonds. The van der Waals surface area contributed by atoms with Gasteiger partial charge in [0.1, 0.15) is 6.04 Å². The Labute approximate surface area is 118 Å². The van der Waals surface area contributed by atoms with Crippen molar-refractivity contribution in [1.82, 2.24) is 5.32 Å². The highest BCUT2D eigenvalue weighted by atomic mass is 16.5. The average molecular weight is 267 g/mol. The van der Waals surface area contributed by atoms with Crippen molar-refractivity contribution in [2.75, 3.05) is 13.2 Å². The molecule has 0 rings (SSSR count). The van der Waals surface area contributed by atoms with Gasteiger partial charge in [0.15, 0.2) is 0 Å². The summed E-state index contributed by atoms with van der Waals surface area (Å²) in [6.45, 7) is 4.88. The lowest BCUT2D eigenvalue weighted by Crippen LogP contribution is -2.38. The van der Waals surface area contributed by atoms with Crippen LogP contribution in [0.1, 0.15) is 65.2 Å². The maximum Gasteiger partial charge on any atom is 0.323 e. The smallest absolute Gasteiger partial charge is 0.323 e. The Morgan fingerprint density at radius 2 is 1.79 bits per heavy atom. The minimum atomic E-state index is -0.244. The zero-order valence-electron chi connectivity index (χ0n) is 12.5. The Bertz CT molecular complexity index is 258. The highest BCUT2D eigenvalue weighted by Gasteiger charge is 2.17. The molecule has 0 fully saturated rings. The highest BCUT2D eigenvalue weighted by Crippen LogP contribution is 2.10. The van der Waals surface area contributed by atoms with Gasteiger partial charge in [0.25, 0.3) is 0 Å². The first-order chi connectivity index (χ1) is 9.26. The minimum absolute atomic E-state index is 0.177. The molecule has 1 unspecified atom stereocenters. The summed E-state index contributed by atoms with van der Waals surface area (Å²) < 4.78 is 5.04. The zero-order chi connectivity index (χ0) is 14.3. The van der Waals surface area contributed by atoms with Crippen LogP contribution in [-0.4, -0.2) is 25.2 Å². The van der Waals surface area contributed by atoms with E-state index in [1.807, 2.05) is 6.92 Å². The summed E-state index contributed by atoms with van der Waals surface area (Å²) in [6.07, 6.45) is 14.7. The fraction of sp³-hybridized carbons (Fsp3) is 0.812. The number of ether oxygens (including phenoxy) is 1. The van der Waals surface area contributed by atoms with Crippen LogP contribution in [-0.2, 0) is 9.53 Å². The van der Waals surface area contributed by atoms with Crippen LogP contribution in [0.3, 0.4) is 0 Å². The monoisotopic (exact) mass is 267 g/mol. The predicted molar refractivity (Wildman–Crippen MR) is 79.9 cm³/mol. The molecule has 1 atom stereocenters. The van der Waals surface area contributed by atoms with Gasteiger partial charge in [-0.3, -0.25) is 10.1 Å². The van der Waals surface area contributed by atoms with Crippen molar-refractivity contribution in [3.8, 4) is 12.3 Å². The van der Waals surface area contributed by atoms with Crippen molar-refractivity contribution < 1.29 is 9.53 Å². The predicted octanol–water partition coefficient (Wildman–Crippen LogP) is 3.28. The van der Waals surface area contributed by atoms with Crippen molar-refractivity contribution in [2.45, 2.75) is 71.3 Å². The Kier molecular flexibility index (Phi) is 12.7. The maximum atomic E-state index is 11.7. The number of carbonyl (C=O) groups excluding carboxylic acids is 1. The van der Waals surface area contributed by atoms with Gasteiger partial charge in [-0.2, -0.15) is 0 Å². The largest absolute Gasteiger partial charge is 0.465 e. The molecule has 0 aliphatic carbocycles. The van der Waals surface area contributed by atoms with Crippen molar-refractivity contribution in [1.29, 1.82) is 0 Å². The van der Waals surface area contributed by atoms with E-state index >= 15 is 0 Å². The molecule has 0 aromatic heterocycles. The molecule has 0 heterocycles. The van der Waals surface area contributed by atoms with Crippen LogP contribution in [0.15, 0.2) is 0 Å². The van der Waals surface area contributed by atoms with Crippen LogP contribution >= 0.6 is 0 Å². The van der Waals surface area contributed by atoms with Crippen molar-refractivity contribution in [3.05, 3.63) is 0 Å². The van der Waals surface area contributed by atoms with Gasteiger partial charge in [-0.05, 0) is 13.3 Å². The first-order valence-corrected chi connectivity index (χ1v) is 7.59. The third-order valence-electron chi connectivity index (χ3n) is 3.12. The molecule has 1 N–H and O–H groups in total. The van der Waals surface area contributed by atoms with Gasteiger partial charge >= 0.3 is 5.97 Å². The lowest BCUT2D eigenvalue weighted by Gasteiger charge is -2.15. The topological polar surface area (TPSA) is 38.3 Å². The molecule has 110 valence electrons. The Hall–Kier alpha value is -1.01. The van der Waals surface area contributed by atoms with Crippen LogP contribution in [0.5, 0.6) is 0 Å². The molecule has 0 saturated heterocycles. The van der Waals surface area contributed by atoms with E-state index in [4.69, 9.17) is 11.2 Å². The van der Waals surface area contributed by atoms with Crippen LogP contribution in [0.4, 0.5) is 0 Å². The lowest BCUT2D eigenvalue weighted by atomic mass is 10.1. The van der Waals surface area contributed by atoms with E-state index in [0.717, 1.165) is 12.8 Å². The van der Waals surface area contributed by atoms with E-state index in [1.165, 1.54) is 38.5 Å². The van der Waals surface area contributed by atoms with Crippen LogP contribution < -0.4 is 5.32 Å². The van der Waals surface area contributed by atoms with Gasteiger partial charge in [0, 0.05) is 0 Å². The van der Waals surface area contributed by atoms with Crippen molar-refractivity contribution in [3.63, 3.8) is 0 Å². The first-order valence-electron chi connectivity index (χ1n) is 7.59. The van der Waals surface area contributed by atoms with E-state index in [0.29, 0.717) is 13.2 Å². The first kappa shape index (κ1) is 18.0. The number of hydrogen-bond acceptors (Lipinski definition) is 3. The van der Waals surface area contributed by atoms with E-state index < -0.39 is 0 Å². The van der Waals surface area contributed by atoms with E-state index in [9.17, 15) is 4.79 Å². The van der Waals surface area contributed by atoms with E-state index in [-0.39, 0.29) is 12.0 Å². The molecule has 3 nitrogen and oxygen atoms in total. The number of unbranched alkanes of at least 4 members (excludes halogenated alkanes) is 6. The lowest BCUT2D eigenvalue weighted by molar-refractivity contribution is -0.145. The average Bonchev–Trinajstić information content (AvgIpc) is 2.41. The molecule has 0 aromatic rings. The minimum Gasteiger partial charge on any atom is -0.465 e. The quantitative estimate of drug-likeness (QED) is 0.335. The van der Waals surface area contributed by atoms with Crippen molar-refractivity contribution >= 4 is 5.97 Å². The fourth-order valence-electron chi connectivity index (χ4n) is 2.03. The molecule has 0 aliphatic rings. The molecule has 0 aliphatic heterocycles. The summed E-state index contributed by atoms with van der Waals surface area (Å²) in [5, 5.41) is 3.05. The third kappa shape index (κ3) is 10.6. The Morgan fingerprint density at radius 1 is 1.16 bits per heavy atom. The normalized spacial score (nSPS) is 11.8. The SMILES string of the molecule is C#CCNC(CCCCCCCCC)C(=O)OCC. The summed E-state index contributed by atoms with van der Waals surface area (Å²) in [5.74, 6) is 2.32. The fourth-order valence-corrected chi connectivity index (χ4v) is 2.03. The van der Waals surface area contributed by atoms with Gasteiger partial charge in [0.2, 0.25) is 0 Å². The number of carbonyl (C=O) groups is 1. The summed E-state index contributed by atoms with van der Waals surface area (Å²) in [4.78, 5) is 11.7. The summed E-state index contributed by atoms with van der Waals surface area (Å²) in [6, 6.07) is -0.244. The summed E-state index contributed by atoms with van der Waals surface area (Å²) >= 11 is 0. The Morgan fingerprint density at radius 3 is 2.37 bits per heavy atom. The van der Waals surface area contributed by atoms with E-state index in [2.05, 4.69) is 18.2 Å². The maximum absolute atomic E-state index is 11.7. The van der Waals surface area contributed by atoms with Gasteiger partial charge < -0.3 is 4.74 Å². The number of terminal acetylenes is 1. The summed E-state index contributed by atoms with van der Waals surface area (Å²) in [5.41, 5.74) is 0. The number of nitrogens with one attached hydrogen (secondary N) is 1. The van der Waals surface area contributed by atoms with Gasteiger partial charge in [-0.1, -0.05) is 57.8 Å². The molecule has 19 heavy (non-hydrogen) atoms. The van der Waals surface area contributed by atoms with Crippen LogP contribution in [0.25, 0.3) is 0 Å². The number of hydrogen-bond donors (Lipinski definition) is 1. The number of rotatable bonds is 12. The second-order valence-electron chi connectivity index (χ2n) is 4.80. The molecule has 0 radical (unpaired) electrons. The molecule has 0 saturated carbocycles. The third-order valence-corrected chi connectivity index (χ3v) is 3.12. The molecule has 0 spiro atoms. The van der Waals surface area contributed by atoms with Crippen molar-refractivity contribution in [2.24, 2.45) is 0 Å². The van der Waals surface area contributed by atoms with Gasteiger partial charge in [0.05, 0.1) is 13.2 Å². The van der Waals surface area contributed by atoms with Gasteiger partial charge in [-0.15, -0.1) is 6.42 Å². The molecular weight excluding hydrogens is 238 g/mol. The van der Waals surface area contributed by atoms with Crippen LogP contribution in [0.2, 0.25) is 0 Å². The standard InChI is InChI=1S/C16H29NO2/c1-4-7-8-9-10-11-12-13-15(17-14-5-2)16(18)19-6-3/h2,15,17H,4,6-14H2,1,3H3. The molecular formula is C16H29NO2. The molecule has 3 heteroatoms. The zero-order valence-corrected chi connectivity index (χ0v) is 12.5. The highest BCUT2D eigenvalue weighted by molar-refractivity contribution is 5.75. The van der Waals surface area contributed by atoms with Gasteiger partial charge in [-0.25, -0.2) is 0 Å². The molecule has 0 bridgehead atoms. The van der Waals surface area contributed by atoms with Crippen LogP contribution in [0, 0.1) is 12.3 Å². The van der Waals surface area contributed by atoms with E-state index in [1.54, 1.807) is 0 Å².